The fraction of sp³-hybridized carbons (Fsp3) is 0.273. The Bertz CT molecular complexity index is 407. The SMILES string of the molecule is CCN(CC(N)=O)C(=O)c1ccccc1I. The first-order valence-electron chi connectivity index (χ1n) is 4.88. The number of halogens is 1. The zero-order valence-electron chi connectivity index (χ0n) is 8.94. The molecule has 0 aromatic heterocycles. The normalized spacial score (nSPS) is 9.88. The molecule has 0 radical (unpaired) electrons. The van der Waals surface area contributed by atoms with Gasteiger partial charge in [0.25, 0.3) is 5.91 Å². The van der Waals surface area contributed by atoms with Crippen molar-refractivity contribution in [3.63, 3.8) is 0 Å². The van der Waals surface area contributed by atoms with Crippen LogP contribution in [0.3, 0.4) is 0 Å². The van der Waals surface area contributed by atoms with E-state index in [-0.39, 0.29) is 12.5 Å². The van der Waals surface area contributed by atoms with Crippen LogP contribution in [-0.4, -0.2) is 29.8 Å². The maximum absolute atomic E-state index is 12.0. The Kier molecular flexibility index (Phi) is 4.72. The second-order valence-electron chi connectivity index (χ2n) is 3.27. The Morgan fingerprint density at radius 2 is 2.00 bits per heavy atom. The average Bonchev–Trinajstić information content (AvgIpc) is 2.25. The number of carbonyl (C=O) groups excluding carboxylic acids is 2. The van der Waals surface area contributed by atoms with E-state index >= 15 is 0 Å². The number of hydrogen-bond donors (Lipinski definition) is 1. The van der Waals surface area contributed by atoms with Crippen molar-refractivity contribution in [3.8, 4) is 0 Å². The second-order valence-corrected chi connectivity index (χ2v) is 4.43. The minimum atomic E-state index is -0.499. The first-order valence-corrected chi connectivity index (χ1v) is 5.96. The van der Waals surface area contributed by atoms with Crippen LogP contribution in [0.2, 0.25) is 0 Å². The first-order chi connectivity index (χ1) is 7.56. The van der Waals surface area contributed by atoms with Gasteiger partial charge in [-0.25, -0.2) is 0 Å². The Morgan fingerprint density at radius 1 is 1.38 bits per heavy atom. The van der Waals surface area contributed by atoms with Gasteiger partial charge >= 0.3 is 0 Å². The summed E-state index contributed by atoms with van der Waals surface area (Å²) < 4.78 is 0.869. The van der Waals surface area contributed by atoms with E-state index < -0.39 is 5.91 Å². The summed E-state index contributed by atoms with van der Waals surface area (Å²) >= 11 is 2.10. The van der Waals surface area contributed by atoms with Crippen LogP contribution in [-0.2, 0) is 4.79 Å². The molecule has 0 bridgehead atoms. The lowest BCUT2D eigenvalue weighted by Crippen LogP contribution is -2.38. The van der Waals surface area contributed by atoms with Gasteiger partial charge in [0, 0.05) is 10.1 Å². The molecule has 2 N–H and O–H groups in total. The minimum absolute atomic E-state index is 0.0414. The summed E-state index contributed by atoms with van der Waals surface area (Å²) in [6.07, 6.45) is 0. The number of carbonyl (C=O) groups is 2. The topological polar surface area (TPSA) is 63.4 Å². The molecule has 0 aliphatic heterocycles. The Morgan fingerprint density at radius 3 is 2.50 bits per heavy atom. The average molecular weight is 332 g/mol. The molecular weight excluding hydrogens is 319 g/mol. The van der Waals surface area contributed by atoms with Crippen LogP contribution in [0.1, 0.15) is 17.3 Å². The summed E-state index contributed by atoms with van der Waals surface area (Å²) in [5.41, 5.74) is 5.69. The molecule has 2 amide bonds. The van der Waals surface area contributed by atoms with E-state index in [2.05, 4.69) is 22.6 Å². The van der Waals surface area contributed by atoms with Crippen LogP contribution in [0.25, 0.3) is 0 Å². The minimum Gasteiger partial charge on any atom is -0.368 e. The molecule has 0 aliphatic rings. The van der Waals surface area contributed by atoms with Gasteiger partial charge in [-0.1, -0.05) is 12.1 Å². The van der Waals surface area contributed by atoms with Gasteiger partial charge in [0.2, 0.25) is 5.91 Å². The zero-order chi connectivity index (χ0) is 12.1. The number of primary amides is 1. The van der Waals surface area contributed by atoms with Gasteiger partial charge in [0.05, 0.1) is 12.1 Å². The summed E-state index contributed by atoms with van der Waals surface area (Å²) in [4.78, 5) is 24.3. The molecule has 0 saturated carbocycles. The van der Waals surface area contributed by atoms with Crippen molar-refractivity contribution in [3.05, 3.63) is 33.4 Å². The maximum atomic E-state index is 12.0. The monoisotopic (exact) mass is 332 g/mol. The summed E-state index contributed by atoms with van der Waals surface area (Å²) in [6, 6.07) is 7.26. The van der Waals surface area contributed by atoms with E-state index in [0.717, 1.165) is 3.57 Å². The highest BCUT2D eigenvalue weighted by atomic mass is 127. The van der Waals surface area contributed by atoms with Gasteiger partial charge < -0.3 is 10.6 Å². The van der Waals surface area contributed by atoms with Crippen LogP contribution >= 0.6 is 22.6 Å². The molecule has 5 heteroatoms. The Hall–Kier alpha value is -1.11. The highest BCUT2D eigenvalue weighted by Gasteiger charge is 2.17. The van der Waals surface area contributed by atoms with E-state index in [1.807, 2.05) is 19.1 Å². The predicted octanol–water partition coefficient (Wildman–Crippen LogP) is 1.24. The molecule has 0 aliphatic carbocycles. The van der Waals surface area contributed by atoms with Gasteiger partial charge in [-0.05, 0) is 41.6 Å². The van der Waals surface area contributed by atoms with Crippen LogP contribution in [0.15, 0.2) is 24.3 Å². The number of hydrogen-bond acceptors (Lipinski definition) is 2. The number of nitrogens with two attached hydrogens (primary N) is 1. The second kappa shape index (κ2) is 5.83. The Balaban J connectivity index is 2.91. The molecule has 0 unspecified atom stereocenters. The van der Waals surface area contributed by atoms with E-state index in [4.69, 9.17) is 5.73 Å². The largest absolute Gasteiger partial charge is 0.368 e. The summed E-state index contributed by atoms with van der Waals surface area (Å²) in [7, 11) is 0. The van der Waals surface area contributed by atoms with Crippen LogP contribution in [0.4, 0.5) is 0 Å². The lowest BCUT2D eigenvalue weighted by molar-refractivity contribution is -0.118. The van der Waals surface area contributed by atoms with Crippen molar-refractivity contribution in [1.82, 2.24) is 4.90 Å². The zero-order valence-corrected chi connectivity index (χ0v) is 11.1. The number of rotatable bonds is 4. The standard InChI is InChI=1S/C11H13IN2O2/c1-2-14(7-10(13)15)11(16)8-5-3-4-6-9(8)12/h3-6H,2,7H2,1H3,(H2,13,15). The fourth-order valence-electron chi connectivity index (χ4n) is 1.32. The molecule has 1 rings (SSSR count). The number of nitrogens with zero attached hydrogens (tertiary/aromatic N) is 1. The lowest BCUT2D eigenvalue weighted by atomic mass is 10.2. The summed E-state index contributed by atoms with van der Waals surface area (Å²) in [6.45, 7) is 2.24. The highest BCUT2D eigenvalue weighted by molar-refractivity contribution is 14.1. The van der Waals surface area contributed by atoms with Crippen molar-refractivity contribution in [1.29, 1.82) is 0 Å². The number of amides is 2. The van der Waals surface area contributed by atoms with Gasteiger partial charge in [0.15, 0.2) is 0 Å². The van der Waals surface area contributed by atoms with Gasteiger partial charge in [-0.3, -0.25) is 9.59 Å². The van der Waals surface area contributed by atoms with E-state index in [9.17, 15) is 9.59 Å². The van der Waals surface area contributed by atoms with Gasteiger partial charge in [0.1, 0.15) is 0 Å². The molecule has 86 valence electrons. The quantitative estimate of drug-likeness (QED) is 0.843. The molecular formula is C11H13IN2O2. The molecule has 0 atom stereocenters. The third-order valence-corrected chi connectivity index (χ3v) is 3.06. The predicted molar refractivity (Wildman–Crippen MR) is 69.9 cm³/mol. The van der Waals surface area contributed by atoms with Crippen molar-refractivity contribution in [2.75, 3.05) is 13.1 Å². The van der Waals surface area contributed by atoms with E-state index in [1.54, 1.807) is 12.1 Å². The Labute approximate surface area is 108 Å². The highest BCUT2D eigenvalue weighted by Crippen LogP contribution is 2.13. The smallest absolute Gasteiger partial charge is 0.255 e. The molecule has 0 spiro atoms. The van der Waals surface area contributed by atoms with E-state index in [1.165, 1.54) is 4.90 Å². The molecule has 1 aromatic carbocycles. The van der Waals surface area contributed by atoms with Crippen LogP contribution in [0, 0.1) is 3.57 Å². The molecule has 0 saturated heterocycles. The van der Waals surface area contributed by atoms with Crippen LogP contribution < -0.4 is 5.73 Å². The summed E-state index contributed by atoms with van der Waals surface area (Å²) in [5, 5.41) is 0. The van der Waals surface area contributed by atoms with Gasteiger partial charge in [-0.2, -0.15) is 0 Å². The molecule has 0 fully saturated rings. The molecule has 1 aromatic rings. The molecule has 16 heavy (non-hydrogen) atoms. The van der Waals surface area contributed by atoms with Gasteiger partial charge in [-0.15, -0.1) is 0 Å². The molecule has 4 nitrogen and oxygen atoms in total. The number of benzene rings is 1. The summed E-state index contributed by atoms with van der Waals surface area (Å²) in [5.74, 6) is -0.660. The maximum Gasteiger partial charge on any atom is 0.255 e. The van der Waals surface area contributed by atoms with Crippen molar-refractivity contribution in [2.45, 2.75) is 6.92 Å². The van der Waals surface area contributed by atoms with Crippen molar-refractivity contribution in [2.24, 2.45) is 5.73 Å². The third-order valence-electron chi connectivity index (χ3n) is 2.12. The van der Waals surface area contributed by atoms with Crippen LogP contribution in [0.5, 0.6) is 0 Å². The fourth-order valence-corrected chi connectivity index (χ4v) is 1.94. The molecule has 0 heterocycles. The number of likely N-dealkylation sites (N-methyl/N-ethyl adjacent to an activating group) is 1. The van der Waals surface area contributed by atoms with Crippen molar-refractivity contribution >= 4 is 34.4 Å². The third kappa shape index (κ3) is 3.19. The van der Waals surface area contributed by atoms with E-state index in [0.29, 0.717) is 12.1 Å². The first kappa shape index (κ1) is 13.0. The van der Waals surface area contributed by atoms with Crippen molar-refractivity contribution < 1.29 is 9.59 Å². The lowest BCUT2D eigenvalue weighted by Gasteiger charge is -2.19.